The lowest BCUT2D eigenvalue weighted by Crippen LogP contribution is -2.21. The van der Waals surface area contributed by atoms with Crippen molar-refractivity contribution in [3.05, 3.63) is 59.3 Å². The van der Waals surface area contributed by atoms with Crippen molar-refractivity contribution in [1.29, 1.82) is 0 Å². The van der Waals surface area contributed by atoms with Crippen molar-refractivity contribution < 1.29 is 22.7 Å². The summed E-state index contributed by atoms with van der Waals surface area (Å²) in [7, 11) is -3.80. The van der Waals surface area contributed by atoms with Gasteiger partial charge in [-0.05, 0) is 73.2 Å². The van der Waals surface area contributed by atoms with E-state index in [1.165, 1.54) is 35.5 Å². The predicted octanol–water partition coefficient (Wildman–Crippen LogP) is 2.74. The smallest absolute Gasteiger partial charge is 0.338 e. The van der Waals surface area contributed by atoms with E-state index >= 15 is 0 Å². The zero-order chi connectivity index (χ0) is 22.2. The van der Waals surface area contributed by atoms with Crippen LogP contribution in [0.2, 0.25) is 0 Å². The van der Waals surface area contributed by atoms with Crippen LogP contribution in [0, 0.1) is 5.92 Å². The van der Waals surface area contributed by atoms with Gasteiger partial charge in [0.2, 0.25) is 10.0 Å². The first kappa shape index (κ1) is 21.1. The Kier molecular flexibility index (Phi) is 5.55. The molecule has 1 heterocycles. The van der Waals surface area contributed by atoms with E-state index in [4.69, 9.17) is 9.88 Å². The number of fused-ring (bicyclic) bond motifs is 3. The lowest BCUT2D eigenvalue weighted by atomic mass is 9.87. The van der Waals surface area contributed by atoms with Crippen LogP contribution in [-0.2, 0) is 32.4 Å². The van der Waals surface area contributed by atoms with Crippen LogP contribution in [0.3, 0.4) is 0 Å². The quantitative estimate of drug-likeness (QED) is 0.524. The van der Waals surface area contributed by atoms with Crippen LogP contribution in [0.1, 0.15) is 35.0 Å². The Morgan fingerprint density at radius 1 is 1.19 bits per heavy atom. The van der Waals surface area contributed by atoms with E-state index in [-0.39, 0.29) is 4.90 Å². The summed E-state index contributed by atoms with van der Waals surface area (Å²) in [6.45, 7) is 1.76. The number of benzene rings is 2. The molecule has 1 aliphatic carbocycles. The molecule has 162 valence electrons. The Hall–Kier alpha value is -3.17. The fourth-order valence-electron chi connectivity index (χ4n) is 3.86. The molecular weight excluding hydrogens is 418 g/mol. The molecule has 0 aliphatic heterocycles. The Balaban J connectivity index is 1.40. The van der Waals surface area contributed by atoms with Crippen LogP contribution in [0.5, 0.6) is 0 Å². The number of esters is 1. The van der Waals surface area contributed by atoms with Gasteiger partial charge in [-0.15, -0.1) is 0 Å². The van der Waals surface area contributed by atoms with E-state index in [0.717, 1.165) is 30.2 Å². The van der Waals surface area contributed by atoms with Gasteiger partial charge in [-0.25, -0.2) is 18.4 Å². The first-order valence-corrected chi connectivity index (χ1v) is 11.5. The van der Waals surface area contributed by atoms with Crippen molar-refractivity contribution >= 4 is 38.5 Å². The predicted molar refractivity (Wildman–Crippen MR) is 116 cm³/mol. The zero-order valence-electron chi connectivity index (χ0n) is 17.0. The number of primary sulfonamides is 1. The number of amides is 1. The summed E-state index contributed by atoms with van der Waals surface area (Å²) >= 11 is 0. The molecule has 31 heavy (non-hydrogen) atoms. The third-order valence-electron chi connectivity index (χ3n) is 5.47. The van der Waals surface area contributed by atoms with Gasteiger partial charge in [0.25, 0.3) is 5.91 Å². The molecule has 2 aromatic carbocycles. The van der Waals surface area contributed by atoms with Gasteiger partial charge in [0.1, 0.15) is 0 Å². The third-order valence-corrected chi connectivity index (χ3v) is 6.40. The molecule has 1 aliphatic rings. The van der Waals surface area contributed by atoms with Crippen LogP contribution >= 0.6 is 0 Å². The number of carbonyl (C=O) groups excluding carboxylic acids is 2. The Morgan fingerprint density at radius 3 is 2.65 bits per heavy atom. The second-order valence-electron chi connectivity index (χ2n) is 7.88. The number of aromatic nitrogens is 1. The summed E-state index contributed by atoms with van der Waals surface area (Å²) in [4.78, 5) is 27.9. The minimum Gasteiger partial charge on any atom is -0.452 e. The van der Waals surface area contributed by atoms with Crippen LogP contribution in [0.4, 0.5) is 5.69 Å². The third kappa shape index (κ3) is 4.62. The highest BCUT2D eigenvalue weighted by Gasteiger charge is 2.21. The average Bonchev–Trinajstić information content (AvgIpc) is 3.09. The lowest BCUT2D eigenvalue weighted by molar-refractivity contribution is -0.119. The van der Waals surface area contributed by atoms with Crippen molar-refractivity contribution in [3.8, 4) is 0 Å². The minimum atomic E-state index is -3.80. The van der Waals surface area contributed by atoms with Crippen LogP contribution in [-0.4, -0.2) is 31.9 Å². The van der Waals surface area contributed by atoms with Gasteiger partial charge < -0.3 is 15.0 Å². The number of aryl methyl sites for hydroxylation is 1. The number of nitrogens with one attached hydrogen (secondary N) is 2. The average molecular weight is 442 g/mol. The summed E-state index contributed by atoms with van der Waals surface area (Å²) in [5, 5.41) is 8.61. The number of carbonyl (C=O) groups is 2. The van der Waals surface area contributed by atoms with E-state index in [9.17, 15) is 18.0 Å². The number of hydrogen-bond acceptors (Lipinski definition) is 5. The molecule has 1 atom stereocenters. The number of H-pyrrole nitrogens is 1. The molecule has 0 unspecified atom stereocenters. The maximum Gasteiger partial charge on any atom is 0.338 e. The first-order chi connectivity index (χ1) is 14.7. The van der Waals surface area contributed by atoms with Gasteiger partial charge >= 0.3 is 5.97 Å². The summed E-state index contributed by atoms with van der Waals surface area (Å²) in [5.41, 5.74) is 4.23. The number of rotatable bonds is 5. The van der Waals surface area contributed by atoms with Crippen molar-refractivity contribution in [3.63, 3.8) is 0 Å². The molecule has 0 spiro atoms. The van der Waals surface area contributed by atoms with Crippen molar-refractivity contribution in [1.82, 2.24) is 4.98 Å². The maximum atomic E-state index is 12.5. The molecule has 0 radical (unpaired) electrons. The Morgan fingerprint density at radius 2 is 1.94 bits per heavy atom. The van der Waals surface area contributed by atoms with Crippen molar-refractivity contribution in [2.75, 3.05) is 11.9 Å². The fraction of sp³-hybridized carbons (Fsp3) is 0.273. The van der Waals surface area contributed by atoms with Gasteiger partial charge in [-0.2, -0.15) is 0 Å². The summed E-state index contributed by atoms with van der Waals surface area (Å²) in [6.07, 6.45) is 3.12. The Labute approximate surface area is 179 Å². The first-order valence-electron chi connectivity index (χ1n) is 9.94. The minimum absolute atomic E-state index is 0.0614. The number of aromatic amines is 1. The monoisotopic (exact) mass is 441 g/mol. The summed E-state index contributed by atoms with van der Waals surface area (Å²) in [6, 6.07) is 10.7. The van der Waals surface area contributed by atoms with Gasteiger partial charge in [-0.1, -0.05) is 6.92 Å². The van der Waals surface area contributed by atoms with Gasteiger partial charge in [0, 0.05) is 22.3 Å². The van der Waals surface area contributed by atoms with Gasteiger partial charge in [-0.3, -0.25) is 4.79 Å². The van der Waals surface area contributed by atoms with Crippen LogP contribution in [0.15, 0.2) is 47.4 Å². The lowest BCUT2D eigenvalue weighted by Gasteiger charge is -2.18. The molecule has 1 amide bonds. The largest absolute Gasteiger partial charge is 0.452 e. The summed E-state index contributed by atoms with van der Waals surface area (Å²) < 4.78 is 27.7. The molecule has 8 nitrogen and oxygen atoms in total. The Bertz CT molecular complexity index is 1260. The second kappa shape index (κ2) is 8.16. The van der Waals surface area contributed by atoms with Crippen molar-refractivity contribution in [2.45, 2.75) is 31.1 Å². The fourth-order valence-corrected chi connectivity index (χ4v) is 4.37. The van der Waals surface area contributed by atoms with Crippen molar-refractivity contribution in [2.24, 2.45) is 11.1 Å². The number of sulfonamides is 1. The highest BCUT2D eigenvalue weighted by Crippen LogP contribution is 2.32. The molecule has 1 aromatic heterocycles. The zero-order valence-corrected chi connectivity index (χ0v) is 17.8. The van der Waals surface area contributed by atoms with E-state index in [1.54, 1.807) is 6.07 Å². The van der Waals surface area contributed by atoms with E-state index in [2.05, 4.69) is 17.2 Å². The number of anilines is 1. The van der Waals surface area contributed by atoms with E-state index in [1.807, 2.05) is 12.1 Å². The van der Waals surface area contributed by atoms with E-state index < -0.39 is 28.5 Å². The van der Waals surface area contributed by atoms with E-state index in [0.29, 0.717) is 17.2 Å². The topological polar surface area (TPSA) is 131 Å². The molecule has 0 saturated heterocycles. The molecule has 0 saturated carbocycles. The van der Waals surface area contributed by atoms with Crippen LogP contribution < -0.4 is 10.5 Å². The molecule has 4 N–H and O–H groups in total. The standard InChI is InChI=1S/C22H23N3O5S/c1-13-2-8-19-17(10-13)18-11-14(3-9-20(18)25-19)22(27)30-12-21(26)24-15-4-6-16(7-5-15)31(23,28)29/h3-7,9,11,13,25H,2,8,10,12H2,1H3,(H,24,26)(H2,23,28,29)/t13-/m1/s1. The molecule has 0 bridgehead atoms. The molecule has 3 aromatic rings. The molecule has 0 fully saturated rings. The number of nitrogens with two attached hydrogens (primary N) is 1. The normalized spacial score (nSPS) is 16.0. The number of hydrogen-bond donors (Lipinski definition) is 3. The van der Waals surface area contributed by atoms with Gasteiger partial charge in [0.05, 0.1) is 10.5 Å². The molecule has 9 heteroatoms. The van der Waals surface area contributed by atoms with Crippen LogP contribution in [0.25, 0.3) is 10.9 Å². The highest BCUT2D eigenvalue weighted by atomic mass is 32.2. The highest BCUT2D eigenvalue weighted by molar-refractivity contribution is 7.89. The second-order valence-corrected chi connectivity index (χ2v) is 9.45. The summed E-state index contributed by atoms with van der Waals surface area (Å²) in [5.74, 6) is -0.518. The molecule has 4 rings (SSSR count). The SMILES string of the molecule is C[C@@H]1CCc2[nH]c3ccc(C(=O)OCC(=O)Nc4ccc(S(N)(=O)=O)cc4)cc3c2C1. The molecular formula is C22H23N3O5S. The maximum absolute atomic E-state index is 12.5. The number of ether oxygens (including phenoxy) is 1. The van der Waals surface area contributed by atoms with Gasteiger partial charge in [0.15, 0.2) is 6.61 Å².